The molecule has 0 heterocycles. The Morgan fingerprint density at radius 2 is 0.517 bits per heavy atom. The van der Waals surface area contributed by atoms with Crippen LogP contribution in [0.4, 0.5) is 0 Å². The summed E-state index contributed by atoms with van der Waals surface area (Å²) < 4.78 is 25.4. The second-order valence-electron chi connectivity index (χ2n) is 6.06. The summed E-state index contributed by atoms with van der Waals surface area (Å²) in [6.07, 6.45) is 0. The first-order valence-corrected chi connectivity index (χ1v) is 12.8. The zero-order chi connectivity index (χ0) is 19.8. The van der Waals surface area contributed by atoms with Crippen LogP contribution in [0.5, 0.6) is 23.0 Å². The molecule has 0 aromatic heterocycles. The third-order valence-electron chi connectivity index (χ3n) is 3.84. The first kappa shape index (κ1) is 19.2. The van der Waals surface area contributed by atoms with Crippen molar-refractivity contribution in [2.45, 2.75) is 0 Å². The minimum atomic E-state index is -4.58. The average Bonchev–Trinajstić information content (AvgIpc) is 2.76. The molecular weight excluding hydrogens is 445 g/mol. The van der Waals surface area contributed by atoms with E-state index in [1.165, 1.54) is 0 Å². The second-order valence-corrected chi connectivity index (χ2v) is 10.1. The summed E-state index contributed by atoms with van der Waals surface area (Å²) in [6.45, 7) is 0. The van der Waals surface area contributed by atoms with Crippen LogP contribution >= 0.6 is 0 Å². The number of hydrogen-bond acceptors (Lipinski definition) is 4. The molecule has 0 saturated heterocycles. The van der Waals surface area contributed by atoms with Gasteiger partial charge >= 0.3 is 176 Å². The molecule has 0 amide bonds. The van der Waals surface area contributed by atoms with Gasteiger partial charge in [-0.3, -0.25) is 0 Å². The van der Waals surface area contributed by atoms with Crippen molar-refractivity contribution < 1.29 is 31.7 Å². The van der Waals surface area contributed by atoms with Crippen molar-refractivity contribution in [3.63, 3.8) is 0 Å². The molecular formula is C24H20NbO4. The summed E-state index contributed by atoms with van der Waals surface area (Å²) in [5, 5.41) is 0. The number of hydrogen-bond donors (Lipinski definition) is 0. The third-order valence-corrected chi connectivity index (χ3v) is 8.11. The molecule has 4 rings (SSSR count). The van der Waals surface area contributed by atoms with E-state index in [1.807, 2.05) is 121 Å². The molecule has 0 unspecified atom stereocenters. The Morgan fingerprint density at radius 3 is 0.724 bits per heavy atom. The Labute approximate surface area is 175 Å². The number of rotatable bonds is 8. The van der Waals surface area contributed by atoms with Gasteiger partial charge in [-0.1, -0.05) is 0 Å². The van der Waals surface area contributed by atoms with Crippen molar-refractivity contribution in [1.29, 1.82) is 0 Å². The van der Waals surface area contributed by atoms with E-state index in [9.17, 15) is 0 Å². The van der Waals surface area contributed by atoms with Crippen molar-refractivity contribution in [2.24, 2.45) is 0 Å². The fraction of sp³-hybridized carbons (Fsp3) is 0. The third kappa shape index (κ3) is 5.42. The first-order chi connectivity index (χ1) is 14.3. The molecule has 0 bridgehead atoms. The van der Waals surface area contributed by atoms with Gasteiger partial charge in [0.15, 0.2) is 0 Å². The molecule has 145 valence electrons. The van der Waals surface area contributed by atoms with E-state index in [1.54, 1.807) is 0 Å². The molecule has 0 aliphatic carbocycles. The predicted octanol–water partition coefficient (Wildman–Crippen LogP) is 6.12. The summed E-state index contributed by atoms with van der Waals surface area (Å²) >= 11 is -4.58. The quantitative estimate of drug-likeness (QED) is 0.294. The monoisotopic (exact) mass is 465 g/mol. The minimum absolute atomic E-state index is 0.626. The van der Waals surface area contributed by atoms with Gasteiger partial charge in [-0.15, -0.1) is 0 Å². The molecule has 0 aliphatic rings. The van der Waals surface area contributed by atoms with E-state index in [2.05, 4.69) is 0 Å². The number of benzene rings is 4. The molecule has 0 atom stereocenters. The molecule has 0 fully saturated rings. The molecule has 29 heavy (non-hydrogen) atoms. The summed E-state index contributed by atoms with van der Waals surface area (Å²) in [4.78, 5) is 0. The molecule has 0 spiro atoms. The molecule has 0 radical (unpaired) electrons. The summed E-state index contributed by atoms with van der Waals surface area (Å²) in [5.41, 5.74) is 0. The summed E-state index contributed by atoms with van der Waals surface area (Å²) in [5.74, 6) is 2.50. The van der Waals surface area contributed by atoms with Crippen LogP contribution < -0.4 is 13.0 Å². The molecule has 0 N–H and O–H groups in total. The molecule has 5 heteroatoms. The Kier molecular flexibility index (Phi) is 6.17. The van der Waals surface area contributed by atoms with Gasteiger partial charge in [0.25, 0.3) is 0 Å². The Morgan fingerprint density at radius 1 is 0.310 bits per heavy atom. The van der Waals surface area contributed by atoms with Gasteiger partial charge in [0.2, 0.25) is 0 Å². The molecule has 0 saturated carbocycles. The van der Waals surface area contributed by atoms with E-state index in [0.717, 1.165) is 0 Å². The second kappa shape index (κ2) is 9.35. The van der Waals surface area contributed by atoms with Crippen molar-refractivity contribution in [3.8, 4) is 23.0 Å². The van der Waals surface area contributed by atoms with Gasteiger partial charge in [-0.05, 0) is 0 Å². The zero-order valence-corrected chi connectivity index (χ0v) is 17.8. The van der Waals surface area contributed by atoms with Crippen LogP contribution in [-0.2, 0) is 18.7 Å². The SMILES string of the molecule is c1ccc([O][Nb]([O]c2ccccc2)([O]c2ccccc2)[O]c2ccccc2)cc1. The van der Waals surface area contributed by atoms with Gasteiger partial charge in [-0.25, -0.2) is 0 Å². The van der Waals surface area contributed by atoms with Crippen LogP contribution in [0.3, 0.4) is 0 Å². The molecule has 4 nitrogen and oxygen atoms in total. The van der Waals surface area contributed by atoms with E-state index in [4.69, 9.17) is 13.0 Å². The van der Waals surface area contributed by atoms with Crippen LogP contribution in [-0.4, -0.2) is 0 Å². The van der Waals surface area contributed by atoms with Gasteiger partial charge in [0.05, 0.1) is 0 Å². The van der Waals surface area contributed by atoms with Gasteiger partial charge < -0.3 is 0 Å². The van der Waals surface area contributed by atoms with Crippen molar-refractivity contribution in [1.82, 2.24) is 0 Å². The molecule has 4 aromatic rings. The summed E-state index contributed by atoms with van der Waals surface area (Å²) in [6, 6.07) is 37.8. The zero-order valence-electron chi connectivity index (χ0n) is 15.6. The summed E-state index contributed by atoms with van der Waals surface area (Å²) in [7, 11) is 0. The number of para-hydroxylation sites is 4. The van der Waals surface area contributed by atoms with Crippen molar-refractivity contribution >= 4 is 0 Å². The fourth-order valence-corrected chi connectivity index (χ4v) is 6.84. The maximum absolute atomic E-state index is 6.35. The van der Waals surface area contributed by atoms with Gasteiger partial charge in [0.1, 0.15) is 0 Å². The topological polar surface area (TPSA) is 36.9 Å². The van der Waals surface area contributed by atoms with Gasteiger partial charge in [-0.2, -0.15) is 0 Å². The fourth-order valence-electron chi connectivity index (χ4n) is 2.55. The van der Waals surface area contributed by atoms with Crippen LogP contribution in [0.2, 0.25) is 0 Å². The van der Waals surface area contributed by atoms with Crippen molar-refractivity contribution in [3.05, 3.63) is 121 Å². The van der Waals surface area contributed by atoms with E-state index in [0.29, 0.717) is 23.0 Å². The standard InChI is InChI=1S/4C6H6O.Nb/c4*7-6-4-2-1-3-5-6;/h4*1-5,7H;/q;;;;+4/p-4. The molecule has 4 aromatic carbocycles. The Hall–Kier alpha value is -3.18. The van der Waals surface area contributed by atoms with Crippen LogP contribution in [0.1, 0.15) is 0 Å². The van der Waals surface area contributed by atoms with Crippen molar-refractivity contribution in [2.75, 3.05) is 0 Å². The van der Waals surface area contributed by atoms with E-state index >= 15 is 0 Å². The predicted molar refractivity (Wildman–Crippen MR) is 108 cm³/mol. The first-order valence-electron chi connectivity index (χ1n) is 9.19. The maximum atomic E-state index is 6.35. The van der Waals surface area contributed by atoms with Crippen LogP contribution in [0.25, 0.3) is 0 Å². The van der Waals surface area contributed by atoms with Crippen LogP contribution in [0.15, 0.2) is 121 Å². The normalized spacial score (nSPS) is 10.8. The average molecular weight is 465 g/mol. The Balaban J connectivity index is 1.75. The Bertz CT molecular complexity index is 824. The molecule has 0 aliphatic heterocycles. The van der Waals surface area contributed by atoms with Crippen LogP contribution in [0, 0.1) is 0 Å². The van der Waals surface area contributed by atoms with E-state index < -0.39 is 18.7 Å². The van der Waals surface area contributed by atoms with Gasteiger partial charge in [0, 0.05) is 0 Å². The van der Waals surface area contributed by atoms with E-state index in [-0.39, 0.29) is 0 Å².